The minimum Gasteiger partial charge on any atom is -0.326 e. The second-order valence-corrected chi connectivity index (χ2v) is 2.36. The first-order valence-corrected chi connectivity index (χ1v) is 3.29. The molecule has 0 aromatic carbocycles. The molecule has 1 aromatic rings. The van der Waals surface area contributed by atoms with Crippen LogP contribution >= 0.6 is 0 Å². The van der Waals surface area contributed by atoms with E-state index in [1.54, 1.807) is 6.92 Å². The van der Waals surface area contributed by atoms with Gasteiger partial charge in [-0.15, -0.1) is 0 Å². The molecule has 1 rings (SSSR count). The summed E-state index contributed by atoms with van der Waals surface area (Å²) in [5.74, 6) is -0.691. The van der Waals surface area contributed by atoms with E-state index in [9.17, 15) is 9.59 Å². The molecular formula is C7H8N2O3. The first kappa shape index (κ1) is 8.48. The van der Waals surface area contributed by atoms with Crippen LogP contribution in [0.3, 0.4) is 0 Å². The van der Waals surface area contributed by atoms with Gasteiger partial charge in [0.1, 0.15) is 0 Å². The normalized spacial score (nSPS) is 9.50. The predicted octanol–water partition coefficient (Wildman–Crippen LogP) is -0.198. The molecule has 1 heterocycles. The number of rotatable bonds is 1. The number of hydrogen-bond acceptors (Lipinski definition) is 3. The van der Waals surface area contributed by atoms with E-state index < -0.39 is 5.91 Å². The zero-order valence-corrected chi connectivity index (χ0v) is 6.42. The lowest BCUT2D eigenvalue weighted by Crippen LogP contribution is -2.21. The molecule has 0 radical (unpaired) electrons. The van der Waals surface area contributed by atoms with E-state index >= 15 is 0 Å². The SMILES string of the molecule is Cc1cc(C(=O)NO)cc(=O)[nH]1. The van der Waals surface area contributed by atoms with E-state index in [4.69, 9.17) is 5.21 Å². The van der Waals surface area contributed by atoms with Crippen molar-refractivity contribution in [2.24, 2.45) is 0 Å². The number of carbonyl (C=O) groups excluding carboxylic acids is 1. The van der Waals surface area contributed by atoms with Crippen LogP contribution in [0.15, 0.2) is 16.9 Å². The summed E-state index contributed by atoms with van der Waals surface area (Å²) >= 11 is 0. The molecule has 0 saturated heterocycles. The van der Waals surface area contributed by atoms with Crippen LogP contribution in [0.5, 0.6) is 0 Å². The number of aryl methyl sites for hydroxylation is 1. The Morgan fingerprint density at radius 2 is 2.25 bits per heavy atom. The van der Waals surface area contributed by atoms with E-state index in [0.717, 1.165) is 6.07 Å². The lowest BCUT2D eigenvalue weighted by atomic mass is 10.2. The molecule has 3 N–H and O–H groups in total. The van der Waals surface area contributed by atoms with Gasteiger partial charge in [0, 0.05) is 17.3 Å². The maximum Gasteiger partial charge on any atom is 0.274 e. The van der Waals surface area contributed by atoms with Crippen LogP contribution < -0.4 is 11.0 Å². The third-order valence-corrected chi connectivity index (χ3v) is 1.34. The molecule has 5 nitrogen and oxygen atoms in total. The third-order valence-electron chi connectivity index (χ3n) is 1.34. The van der Waals surface area contributed by atoms with Gasteiger partial charge in [0.25, 0.3) is 5.91 Å². The highest BCUT2D eigenvalue weighted by atomic mass is 16.5. The van der Waals surface area contributed by atoms with Crippen LogP contribution in [0.25, 0.3) is 0 Å². The van der Waals surface area contributed by atoms with Crippen molar-refractivity contribution in [3.05, 3.63) is 33.7 Å². The Hall–Kier alpha value is -1.62. The summed E-state index contributed by atoms with van der Waals surface area (Å²) in [4.78, 5) is 24.1. The highest BCUT2D eigenvalue weighted by Gasteiger charge is 2.04. The van der Waals surface area contributed by atoms with Crippen molar-refractivity contribution in [3.8, 4) is 0 Å². The lowest BCUT2D eigenvalue weighted by Gasteiger charge is -1.98. The van der Waals surface area contributed by atoms with Gasteiger partial charge in [0.05, 0.1) is 0 Å². The first-order valence-electron chi connectivity index (χ1n) is 3.29. The molecule has 1 aromatic heterocycles. The Morgan fingerprint density at radius 3 is 2.75 bits per heavy atom. The molecule has 0 aliphatic carbocycles. The monoisotopic (exact) mass is 168 g/mol. The van der Waals surface area contributed by atoms with Crippen molar-refractivity contribution < 1.29 is 10.0 Å². The van der Waals surface area contributed by atoms with Crippen LogP contribution in [-0.2, 0) is 0 Å². The molecule has 0 spiro atoms. The van der Waals surface area contributed by atoms with Crippen LogP contribution in [0, 0.1) is 6.92 Å². The van der Waals surface area contributed by atoms with Gasteiger partial charge in [0.2, 0.25) is 5.56 Å². The molecule has 0 unspecified atom stereocenters. The first-order chi connectivity index (χ1) is 5.63. The number of H-pyrrole nitrogens is 1. The molecule has 0 bridgehead atoms. The van der Waals surface area contributed by atoms with Gasteiger partial charge >= 0.3 is 0 Å². The summed E-state index contributed by atoms with van der Waals surface area (Å²) in [6, 6.07) is 2.57. The number of hydrogen-bond donors (Lipinski definition) is 3. The second kappa shape index (κ2) is 3.19. The highest BCUT2D eigenvalue weighted by Crippen LogP contribution is 1.96. The van der Waals surface area contributed by atoms with Crippen molar-refractivity contribution in [1.82, 2.24) is 10.5 Å². The van der Waals surface area contributed by atoms with Gasteiger partial charge < -0.3 is 4.98 Å². The van der Waals surface area contributed by atoms with Crippen LogP contribution in [0.4, 0.5) is 0 Å². The van der Waals surface area contributed by atoms with Gasteiger partial charge in [-0.2, -0.15) is 0 Å². The van der Waals surface area contributed by atoms with Gasteiger partial charge in [-0.3, -0.25) is 14.8 Å². The number of carbonyl (C=O) groups is 1. The maximum absolute atomic E-state index is 10.8. The fourth-order valence-corrected chi connectivity index (χ4v) is 0.878. The Morgan fingerprint density at radius 1 is 1.58 bits per heavy atom. The minimum absolute atomic E-state index is 0.138. The zero-order valence-electron chi connectivity index (χ0n) is 6.42. The Bertz CT molecular complexity index is 356. The van der Waals surface area contributed by atoms with E-state index in [1.807, 2.05) is 0 Å². The van der Waals surface area contributed by atoms with Crippen molar-refractivity contribution in [2.75, 3.05) is 0 Å². The van der Waals surface area contributed by atoms with Crippen molar-refractivity contribution >= 4 is 5.91 Å². The topological polar surface area (TPSA) is 82.2 Å². The average molecular weight is 168 g/mol. The standard InChI is InChI=1S/C7H8N2O3/c1-4-2-5(7(11)9-12)3-6(10)8-4/h2-3,12H,1H3,(H,8,10)(H,9,11). The van der Waals surface area contributed by atoms with Gasteiger partial charge in [-0.25, -0.2) is 5.48 Å². The fraction of sp³-hybridized carbons (Fsp3) is 0.143. The van der Waals surface area contributed by atoms with E-state index in [-0.39, 0.29) is 11.1 Å². The summed E-state index contributed by atoms with van der Waals surface area (Å²) in [6.07, 6.45) is 0. The number of pyridine rings is 1. The zero-order chi connectivity index (χ0) is 9.14. The third kappa shape index (κ3) is 1.70. The van der Waals surface area contributed by atoms with E-state index in [2.05, 4.69) is 4.98 Å². The average Bonchev–Trinajstić information content (AvgIpc) is 2.01. The van der Waals surface area contributed by atoms with E-state index in [1.165, 1.54) is 11.5 Å². The summed E-state index contributed by atoms with van der Waals surface area (Å²) in [5.41, 5.74) is 1.79. The molecule has 1 amide bonds. The van der Waals surface area contributed by atoms with Crippen LogP contribution in [0.1, 0.15) is 16.1 Å². The second-order valence-electron chi connectivity index (χ2n) is 2.36. The van der Waals surface area contributed by atoms with Gasteiger partial charge in [-0.05, 0) is 13.0 Å². The predicted molar refractivity (Wildman–Crippen MR) is 41.1 cm³/mol. The maximum atomic E-state index is 10.8. The summed E-state index contributed by atoms with van der Waals surface area (Å²) < 4.78 is 0. The molecule has 0 saturated carbocycles. The Kier molecular flexibility index (Phi) is 2.25. The van der Waals surface area contributed by atoms with Crippen LogP contribution in [0.2, 0.25) is 0 Å². The Balaban J connectivity index is 3.17. The quantitative estimate of drug-likeness (QED) is 0.401. The summed E-state index contributed by atoms with van der Waals surface area (Å²) in [6.45, 7) is 1.65. The number of nitrogens with one attached hydrogen (secondary N) is 2. The van der Waals surface area contributed by atoms with Crippen molar-refractivity contribution in [2.45, 2.75) is 6.92 Å². The minimum atomic E-state index is -0.691. The molecule has 64 valence electrons. The lowest BCUT2D eigenvalue weighted by molar-refractivity contribution is 0.0706. The Labute approximate surface area is 68.0 Å². The largest absolute Gasteiger partial charge is 0.326 e. The highest BCUT2D eigenvalue weighted by molar-refractivity contribution is 5.93. The summed E-state index contributed by atoms with van der Waals surface area (Å²) in [7, 11) is 0. The molecule has 0 aliphatic heterocycles. The molecule has 12 heavy (non-hydrogen) atoms. The van der Waals surface area contributed by atoms with Gasteiger partial charge in [-0.1, -0.05) is 0 Å². The van der Waals surface area contributed by atoms with Crippen molar-refractivity contribution in [1.29, 1.82) is 0 Å². The molecule has 0 aliphatic rings. The van der Waals surface area contributed by atoms with Gasteiger partial charge in [0.15, 0.2) is 0 Å². The molecular weight excluding hydrogens is 160 g/mol. The number of amides is 1. The number of aromatic nitrogens is 1. The van der Waals surface area contributed by atoms with E-state index in [0.29, 0.717) is 5.69 Å². The van der Waals surface area contributed by atoms with Crippen molar-refractivity contribution in [3.63, 3.8) is 0 Å². The smallest absolute Gasteiger partial charge is 0.274 e. The number of hydroxylamine groups is 1. The molecule has 5 heteroatoms. The summed E-state index contributed by atoms with van der Waals surface area (Å²) in [5, 5.41) is 8.26. The fourth-order valence-electron chi connectivity index (χ4n) is 0.878. The number of aromatic amines is 1. The van der Waals surface area contributed by atoms with Crippen LogP contribution in [-0.4, -0.2) is 16.1 Å². The molecule has 0 fully saturated rings. The molecule has 0 atom stereocenters.